The molecule has 16 heteroatoms. The number of hydrogen-bond donors (Lipinski definition) is 1. The molecule has 1 aromatic heterocycles. The number of ether oxygens (including phenoxy) is 5. The van der Waals surface area contributed by atoms with E-state index in [1.807, 2.05) is 118 Å². The molecular weight excluding hydrogens is 869 g/mol. The minimum atomic E-state index is -1.16. The Kier molecular flexibility index (Phi) is 18.5. The summed E-state index contributed by atoms with van der Waals surface area (Å²) >= 11 is 0. The van der Waals surface area contributed by atoms with Crippen LogP contribution < -0.4 is 24.1 Å². The van der Waals surface area contributed by atoms with Crippen molar-refractivity contribution in [3.8, 4) is 23.3 Å². The molecule has 0 aliphatic carbocycles. The number of quaternary nitrogens is 1. The fourth-order valence-electron chi connectivity index (χ4n) is 7.92. The normalized spacial score (nSPS) is 17.9. The van der Waals surface area contributed by atoms with Gasteiger partial charge < -0.3 is 43.2 Å². The number of carbonyl (C=O) groups is 3. The van der Waals surface area contributed by atoms with E-state index in [0.717, 1.165) is 5.56 Å². The maximum atomic E-state index is 13.7. The first-order valence-corrected chi connectivity index (χ1v) is 23.7. The Morgan fingerprint density at radius 1 is 0.632 bits per heavy atom. The number of carbonyl (C=O) groups excluding carboxylic acids is 2. The second kappa shape index (κ2) is 22.6. The fraction of sp³-hybridized carbons (Fsp3) is 0.635. The molecule has 1 unspecified atom stereocenters. The number of esters is 1. The molecule has 0 radical (unpaired) electrons. The van der Waals surface area contributed by atoms with E-state index in [1.165, 1.54) is 6.33 Å². The lowest BCUT2D eigenvalue weighted by molar-refractivity contribution is -0.964. The predicted octanol–water partition coefficient (Wildman–Crippen LogP) is 6.61. The first-order valence-electron chi connectivity index (χ1n) is 23.7. The molecule has 2 heterocycles. The molecule has 0 saturated carbocycles. The predicted molar refractivity (Wildman–Crippen MR) is 260 cm³/mol. The Bertz CT molecular complexity index is 2080. The van der Waals surface area contributed by atoms with E-state index in [0.29, 0.717) is 93.3 Å². The van der Waals surface area contributed by atoms with Gasteiger partial charge in [0.15, 0.2) is 0 Å². The van der Waals surface area contributed by atoms with Gasteiger partial charge in [0.1, 0.15) is 53.4 Å². The number of aliphatic carboxylic acids is 2. The van der Waals surface area contributed by atoms with Gasteiger partial charge in [-0.2, -0.15) is 0 Å². The van der Waals surface area contributed by atoms with Gasteiger partial charge in [0.2, 0.25) is 11.8 Å². The van der Waals surface area contributed by atoms with Crippen LogP contribution in [0.15, 0.2) is 48.8 Å². The summed E-state index contributed by atoms with van der Waals surface area (Å²) in [6.45, 7) is 32.9. The Morgan fingerprint density at radius 2 is 1.07 bits per heavy atom. The van der Waals surface area contributed by atoms with Crippen LogP contribution in [0.2, 0.25) is 0 Å². The van der Waals surface area contributed by atoms with Crippen molar-refractivity contribution in [3.63, 3.8) is 0 Å². The van der Waals surface area contributed by atoms with E-state index >= 15 is 0 Å². The van der Waals surface area contributed by atoms with Crippen molar-refractivity contribution in [3.05, 3.63) is 71.0 Å². The van der Waals surface area contributed by atoms with Crippen molar-refractivity contribution >= 4 is 17.9 Å². The van der Waals surface area contributed by atoms with E-state index in [-0.39, 0.29) is 36.3 Å². The molecule has 0 bridgehead atoms. The number of carboxylic acids is 2. The minimum Gasteiger partial charge on any atom is -0.544 e. The summed E-state index contributed by atoms with van der Waals surface area (Å²) in [5.41, 5.74) is -0.631. The summed E-state index contributed by atoms with van der Waals surface area (Å²) in [6, 6.07) is 12.9. The van der Waals surface area contributed by atoms with Gasteiger partial charge in [-0.05, 0) is 122 Å². The topological polar surface area (TPSA) is 176 Å². The zero-order valence-electron chi connectivity index (χ0n) is 43.6. The molecular formula is C52H80N6O10. The summed E-state index contributed by atoms with van der Waals surface area (Å²) in [5, 5.41) is 23.1. The molecule has 4 rings (SSSR count). The Balaban J connectivity index is 1.83. The van der Waals surface area contributed by atoms with Gasteiger partial charge >= 0.3 is 11.9 Å². The van der Waals surface area contributed by atoms with Crippen LogP contribution in [-0.4, -0.2) is 146 Å². The number of carboxylic acid groups (broad SMARTS) is 2. The molecule has 0 amide bonds. The number of aromatic nitrogens is 2. The average molecular weight is 949 g/mol. The molecule has 378 valence electrons. The average Bonchev–Trinajstić information content (AvgIpc) is 3.17. The summed E-state index contributed by atoms with van der Waals surface area (Å²) in [5.74, 6) is -1.01. The first-order chi connectivity index (χ1) is 31.3. The van der Waals surface area contributed by atoms with E-state index in [9.17, 15) is 24.6 Å². The first kappa shape index (κ1) is 55.6. The van der Waals surface area contributed by atoms with Crippen molar-refractivity contribution in [2.45, 2.75) is 151 Å². The molecule has 2 aromatic carbocycles. The Hall–Kier alpha value is -5.03. The molecule has 1 N–H and O–H groups in total. The Labute approximate surface area is 405 Å². The third kappa shape index (κ3) is 18.1. The zero-order chi connectivity index (χ0) is 50.9. The molecule has 1 saturated heterocycles. The van der Waals surface area contributed by atoms with Crippen LogP contribution in [0.3, 0.4) is 0 Å². The quantitative estimate of drug-likeness (QED) is 0.127. The van der Waals surface area contributed by atoms with Crippen LogP contribution >= 0.6 is 0 Å². The summed E-state index contributed by atoms with van der Waals surface area (Å²) in [4.78, 5) is 54.5. The molecule has 1 atom stereocenters. The molecule has 1 fully saturated rings. The maximum Gasteiger partial charge on any atom is 0.338 e. The van der Waals surface area contributed by atoms with Gasteiger partial charge in [0.25, 0.3) is 0 Å². The second-order valence-corrected chi connectivity index (χ2v) is 22.8. The van der Waals surface area contributed by atoms with Crippen LogP contribution in [-0.2, 0) is 34.0 Å². The standard InChI is InChI=1S/C52H80N6O10/c1-48(2,3)58(34-44(61)62)27-25-56(31-39-41(65-49(4,5)6)29-38(30-42(39)66-50(7,8)9)47(63)64-35-37-19-17-16-18-20-37)23-21-55(33-43(59)60)22-24-57(26-28-58)32-40-45(67-51(10,11)12)53-36-54-46(40)68-52(13,14)15/h16-20,29-30,36H,21-28,31-35H2,1-15H3,(H-,59,60,61,62). The lowest BCUT2D eigenvalue weighted by Crippen LogP contribution is -2.67. The molecule has 16 nitrogen and oxygen atoms in total. The smallest absolute Gasteiger partial charge is 0.338 e. The summed E-state index contributed by atoms with van der Waals surface area (Å²) in [6.07, 6.45) is 1.43. The van der Waals surface area contributed by atoms with Crippen LogP contribution in [0.4, 0.5) is 0 Å². The van der Waals surface area contributed by atoms with E-state index < -0.39 is 45.9 Å². The SMILES string of the molecule is CC(C)(C)Oc1cc(C(=O)OCc2ccccc2)cc(OC(C)(C)C)c1CN1CCN(CC(=O)O)CCN(Cc2c(OC(C)(C)C)ncnc2OC(C)(C)C)CC[N+](CC(=O)[O-])(C(C)(C)C)CC1. The van der Waals surface area contributed by atoms with Gasteiger partial charge in [-0.25, -0.2) is 14.8 Å². The Morgan fingerprint density at radius 3 is 1.49 bits per heavy atom. The van der Waals surface area contributed by atoms with E-state index in [1.54, 1.807) is 12.1 Å². The summed E-state index contributed by atoms with van der Waals surface area (Å²) < 4.78 is 32.0. The van der Waals surface area contributed by atoms with Gasteiger partial charge in [-0.1, -0.05) is 30.3 Å². The molecule has 1 aliphatic heterocycles. The molecule has 68 heavy (non-hydrogen) atoms. The van der Waals surface area contributed by atoms with Crippen LogP contribution in [0.25, 0.3) is 0 Å². The van der Waals surface area contributed by atoms with Crippen LogP contribution in [0.5, 0.6) is 23.3 Å². The zero-order valence-corrected chi connectivity index (χ0v) is 43.6. The molecule has 1 aliphatic rings. The highest BCUT2D eigenvalue weighted by molar-refractivity contribution is 5.91. The summed E-state index contributed by atoms with van der Waals surface area (Å²) in [7, 11) is 0. The molecule has 3 aromatic rings. The van der Waals surface area contributed by atoms with Crippen molar-refractivity contribution in [2.75, 3.05) is 65.4 Å². The number of rotatable bonds is 15. The van der Waals surface area contributed by atoms with Crippen molar-refractivity contribution in [2.24, 2.45) is 0 Å². The van der Waals surface area contributed by atoms with Gasteiger partial charge in [0, 0.05) is 52.4 Å². The largest absolute Gasteiger partial charge is 0.544 e. The third-order valence-electron chi connectivity index (χ3n) is 11.3. The van der Waals surface area contributed by atoms with Crippen LogP contribution in [0, 0.1) is 0 Å². The highest BCUT2D eigenvalue weighted by Crippen LogP contribution is 2.37. The minimum absolute atomic E-state index is 0.0876. The fourth-order valence-corrected chi connectivity index (χ4v) is 7.92. The van der Waals surface area contributed by atoms with Gasteiger partial charge in [0.05, 0.1) is 47.8 Å². The van der Waals surface area contributed by atoms with E-state index in [2.05, 4.69) is 40.5 Å². The van der Waals surface area contributed by atoms with E-state index in [4.69, 9.17) is 23.7 Å². The van der Waals surface area contributed by atoms with Crippen molar-refractivity contribution in [1.82, 2.24) is 24.7 Å². The lowest BCUT2D eigenvalue weighted by atomic mass is 9.99. The van der Waals surface area contributed by atoms with Crippen molar-refractivity contribution in [1.29, 1.82) is 0 Å². The van der Waals surface area contributed by atoms with Crippen molar-refractivity contribution < 1.29 is 52.8 Å². The number of nitrogens with zero attached hydrogens (tertiary/aromatic N) is 6. The third-order valence-corrected chi connectivity index (χ3v) is 11.3. The highest BCUT2D eigenvalue weighted by Gasteiger charge is 2.41. The molecule has 0 spiro atoms. The highest BCUT2D eigenvalue weighted by atomic mass is 16.5. The van der Waals surface area contributed by atoms with Gasteiger partial charge in [-0.15, -0.1) is 0 Å². The lowest BCUT2D eigenvalue weighted by Gasteiger charge is -2.51. The maximum absolute atomic E-state index is 13.7. The second-order valence-electron chi connectivity index (χ2n) is 22.8. The number of hydrogen-bond acceptors (Lipinski definition) is 14. The number of benzene rings is 2. The monoisotopic (exact) mass is 949 g/mol. The van der Waals surface area contributed by atoms with Gasteiger partial charge in [-0.3, -0.25) is 19.5 Å². The van der Waals surface area contributed by atoms with Crippen LogP contribution in [0.1, 0.15) is 131 Å².